The van der Waals surface area contributed by atoms with Gasteiger partial charge in [-0.1, -0.05) is 0 Å². The van der Waals surface area contributed by atoms with E-state index < -0.39 is 14.6 Å². The molecule has 0 aliphatic heterocycles. The van der Waals surface area contributed by atoms with Crippen LogP contribution >= 0.6 is 10.7 Å². The maximum absolute atomic E-state index is 11.6. The molecule has 2 aromatic heterocycles. The van der Waals surface area contributed by atoms with Gasteiger partial charge in [0.2, 0.25) is 0 Å². The molecule has 22 heavy (non-hydrogen) atoms. The molecule has 1 aromatic carbocycles. The zero-order valence-corrected chi connectivity index (χ0v) is 12.7. The Kier molecular flexibility index (Phi) is 3.38. The SMILES string of the molecule is COc1cc(S(=O)(=O)Cl)ccc1-c1nc2c(=O)[nH]ncc2[nH]1. The Hall–Kier alpha value is -2.39. The van der Waals surface area contributed by atoms with Gasteiger partial charge in [0.25, 0.3) is 14.6 Å². The molecule has 0 bridgehead atoms. The minimum atomic E-state index is -3.87. The minimum Gasteiger partial charge on any atom is -0.496 e. The van der Waals surface area contributed by atoms with Crippen LogP contribution in [0.25, 0.3) is 22.4 Å². The fourth-order valence-corrected chi connectivity index (χ4v) is 2.77. The van der Waals surface area contributed by atoms with Crippen LogP contribution in [0.3, 0.4) is 0 Å². The summed E-state index contributed by atoms with van der Waals surface area (Å²) in [6.07, 6.45) is 1.43. The summed E-state index contributed by atoms with van der Waals surface area (Å²) in [5.74, 6) is 0.606. The van der Waals surface area contributed by atoms with Gasteiger partial charge < -0.3 is 9.72 Å². The smallest absolute Gasteiger partial charge is 0.292 e. The van der Waals surface area contributed by atoms with Crippen molar-refractivity contribution in [3.63, 3.8) is 0 Å². The van der Waals surface area contributed by atoms with Crippen LogP contribution in [0.15, 0.2) is 34.1 Å². The van der Waals surface area contributed by atoms with Gasteiger partial charge >= 0.3 is 0 Å². The third-order valence-electron chi connectivity index (χ3n) is 3.02. The van der Waals surface area contributed by atoms with Crippen LogP contribution in [-0.4, -0.2) is 35.7 Å². The van der Waals surface area contributed by atoms with E-state index in [9.17, 15) is 13.2 Å². The first-order valence-electron chi connectivity index (χ1n) is 5.96. The predicted molar refractivity (Wildman–Crippen MR) is 79.5 cm³/mol. The lowest BCUT2D eigenvalue weighted by Gasteiger charge is -2.07. The number of benzene rings is 1. The van der Waals surface area contributed by atoms with Gasteiger partial charge in [-0.05, 0) is 12.1 Å². The van der Waals surface area contributed by atoms with Gasteiger partial charge in [-0.25, -0.2) is 18.5 Å². The molecule has 0 unspecified atom stereocenters. The number of hydrogen-bond donors (Lipinski definition) is 2. The van der Waals surface area contributed by atoms with E-state index in [1.807, 2.05) is 0 Å². The summed E-state index contributed by atoms with van der Waals surface area (Å²) >= 11 is 0. The second-order valence-corrected chi connectivity index (χ2v) is 6.91. The Labute approximate surface area is 128 Å². The standard InChI is InChI=1S/C12H9ClN4O4S/c1-21-9-4-6(22(13,19)20)2-3-7(9)11-15-8-5-14-17-12(18)10(8)16-11/h2-5H,1H3,(H,15,16)(H,17,18). The number of fused-ring (bicyclic) bond motifs is 1. The van der Waals surface area contributed by atoms with Gasteiger partial charge in [-0.3, -0.25) is 4.79 Å². The maximum atomic E-state index is 11.6. The molecule has 8 nitrogen and oxygen atoms in total. The van der Waals surface area contributed by atoms with Gasteiger partial charge in [-0.2, -0.15) is 5.10 Å². The fraction of sp³-hybridized carbons (Fsp3) is 0.0833. The Balaban J connectivity index is 2.22. The van der Waals surface area contributed by atoms with E-state index >= 15 is 0 Å². The number of hydrogen-bond acceptors (Lipinski definition) is 6. The number of nitrogens with zero attached hydrogens (tertiary/aromatic N) is 2. The lowest BCUT2D eigenvalue weighted by atomic mass is 10.2. The molecule has 0 spiro atoms. The van der Waals surface area contributed by atoms with Crippen molar-refractivity contribution in [1.82, 2.24) is 20.2 Å². The number of halogens is 1. The quantitative estimate of drug-likeness (QED) is 0.693. The maximum Gasteiger partial charge on any atom is 0.292 e. The first-order valence-corrected chi connectivity index (χ1v) is 8.27. The fourth-order valence-electron chi connectivity index (χ4n) is 2.01. The van der Waals surface area contributed by atoms with E-state index in [1.165, 1.54) is 31.5 Å². The number of rotatable bonds is 3. The molecule has 0 saturated carbocycles. The summed E-state index contributed by atoms with van der Waals surface area (Å²) in [7, 11) is 2.83. The summed E-state index contributed by atoms with van der Waals surface area (Å²) in [4.78, 5) is 18.7. The molecule has 3 aromatic rings. The molecule has 0 amide bonds. The number of nitrogens with one attached hydrogen (secondary N) is 2. The summed E-state index contributed by atoms with van der Waals surface area (Å²) < 4.78 is 27.9. The van der Waals surface area contributed by atoms with Gasteiger partial charge in [0.15, 0.2) is 5.52 Å². The summed E-state index contributed by atoms with van der Waals surface area (Å²) in [6, 6.07) is 4.11. The predicted octanol–water partition coefficient (Wildman–Crippen LogP) is 1.25. The highest BCUT2D eigenvalue weighted by molar-refractivity contribution is 8.13. The molecule has 0 aliphatic carbocycles. The van der Waals surface area contributed by atoms with Crippen molar-refractivity contribution in [3.05, 3.63) is 34.7 Å². The third-order valence-corrected chi connectivity index (χ3v) is 4.37. The highest BCUT2D eigenvalue weighted by Crippen LogP contribution is 2.32. The molecule has 0 atom stereocenters. The van der Waals surface area contributed by atoms with Crippen molar-refractivity contribution in [1.29, 1.82) is 0 Å². The number of H-pyrrole nitrogens is 2. The van der Waals surface area contributed by atoms with Crippen LogP contribution in [0, 0.1) is 0 Å². The molecular weight excluding hydrogens is 332 g/mol. The topological polar surface area (TPSA) is 118 Å². The summed E-state index contributed by atoms with van der Waals surface area (Å²) in [5, 5.41) is 5.95. The molecule has 3 rings (SSSR count). The second-order valence-electron chi connectivity index (χ2n) is 4.35. The first kappa shape index (κ1) is 14.5. The highest BCUT2D eigenvalue weighted by Gasteiger charge is 2.17. The molecule has 0 radical (unpaired) electrons. The van der Waals surface area contributed by atoms with Crippen LogP contribution in [-0.2, 0) is 9.05 Å². The number of aromatic nitrogens is 4. The zero-order chi connectivity index (χ0) is 15.9. The van der Waals surface area contributed by atoms with E-state index in [1.54, 1.807) is 0 Å². The Morgan fingerprint density at radius 2 is 2.09 bits per heavy atom. The monoisotopic (exact) mass is 340 g/mol. The van der Waals surface area contributed by atoms with Gasteiger partial charge in [0.1, 0.15) is 11.6 Å². The minimum absolute atomic E-state index is 0.0922. The van der Waals surface area contributed by atoms with Crippen molar-refractivity contribution in [2.75, 3.05) is 7.11 Å². The molecule has 2 heterocycles. The van der Waals surface area contributed by atoms with Crippen molar-refractivity contribution in [3.8, 4) is 17.1 Å². The van der Waals surface area contributed by atoms with Crippen molar-refractivity contribution in [2.24, 2.45) is 0 Å². The summed E-state index contributed by atoms with van der Waals surface area (Å²) in [6.45, 7) is 0. The third kappa shape index (κ3) is 2.44. The molecular formula is C12H9ClN4O4S. The Bertz CT molecular complexity index is 1030. The van der Waals surface area contributed by atoms with Crippen molar-refractivity contribution < 1.29 is 13.2 Å². The average molecular weight is 341 g/mol. The van der Waals surface area contributed by atoms with Gasteiger partial charge in [0, 0.05) is 16.7 Å². The van der Waals surface area contributed by atoms with Crippen LogP contribution in [0.5, 0.6) is 5.75 Å². The lowest BCUT2D eigenvalue weighted by molar-refractivity contribution is 0.415. The summed E-state index contributed by atoms with van der Waals surface area (Å²) in [5.41, 5.74) is 0.706. The van der Waals surface area contributed by atoms with E-state index in [0.717, 1.165) is 0 Å². The molecule has 0 aliphatic rings. The van der Waals surface area contributed by atoms with E-state index in [2.05, 4.69) is 20.2 Å². The molecule has 114 valence electrons. The Morgan fingerprint density at radius 3 is 2.73 bits per heavy atom. The number of imidazole rings is 1. The lowest BCUT2D eigenvalue weighted by Crippen LogP contribution is -2.06. The van der Waals surface area contributed by atoms with Crippen LogP contribution in [0.4, 0.5) is 0 Å². The zero-order valence-electron chi connectivity index (χ0n) is 11.1. The number of aromatic amines is 2. The van der Waals surface area contributed by atoms with Crippen LogP contribution in [0.2, 0.25) is 0 Å². The second kappa shape index (κ2) is 5.11. The molecule has 10 heteroatoms. The highest BCUT2D eigenvalue weighted by atomic mass is 35.7. The number of methoxy groups -OCH3 is 1. The number of ether oxygens (including phenoxy) is 1. The Morgan fingerprint density at radius 1 is 1.32 bits per heavy atom. The molecule has 0 fully saturated rings. The first-order chi connectivity index (χ1) is 10.4. The van der Waals surface area contributed by atoms with Gasteiger partial charge in [-0.15, -0.1) is 0 Å². The van der Waals surface area contributed by atoms with Gasteiger partial charge in [0.05, 0.1) is 29.3 Å². The van der Waals surface area contributed by atoms with Crippen molar-refractivity contribution in [2.45, 2.75) is 4.90 Å². The molecule has 2 N–H and O–H groups in total. The molecule has 0 saturated heterocycles. The van der Waals surface area contributed by atoms with Crippen LogP contribution in [0.1, 0.15) is 0 Å². The largest absolute Gasteiger partial charge is 0.496 e. The average Bonchev–Trinajstić information content (AvgIpc) is 2.91. The van der Waals surface area contributed by atoms with E-state index in [-0.39, 0.29) is 16.2 Å². The van der Waals surface area contributed by atoms with E-state index in [0.29, 0.717) is 16.9 Å². The van der Waals surface area contributed by atoms with Crippen molar-refractivity contribution >= 4 is 30.8 Å². The van der Waals surface area contributed by atoms with Crippen LogP contribution < -0.4 is 10.3 Å². The van der Waals surface area contributed by atoms with E-state index in [4.69, 9.17) is 15.4 Å². The normalized spacial score (nSPS) is 11.7.